The number of phenolic OH excluding ortho intramolecular Hbond substituents is 1. The van der Waals surface area contributed by atoms with Crippen LogP contribution in [0, 0.1) is 0 Å². The van der Waals surface area contributed by atoms with Crippen molar-refractivity contribution in [2.24, 2.45) is 0 Å². The summed E-state index contributed by atoms with van der Waals surface area (Å²) >= 11 is 0. The topological polar surface area (TPSA) is 80.7 Å². The summed E-state index contributed by atoms with van der Waals surface area (Å²) in [6.45, 7) is 2.20. The van der Waals surface area contributed by atoms with Gasteiger partial charge in [0.2, 0.25) is 0 Å². The average Bonchev–Trinajstić information content (AvgIpc) is 2.59. The molecule has 3 rings (SSSR count). The molecule has 0 amide bonds. The lowest BCUT2D eigenvalue weighted by molar-refractivity contribution is 0.0496. The van der Waals surface area contributed by atoms with E-state index in [1.807, 2.05) is 6.92 Å². The van der Waals surface area contributed by atoms with Crippen molar-refractivity contribution in [3.05, 3.63) is 64.2 Å². The Labute approximate surface area is 138 Å². The molecule has 0 radical (unpaired) electrons. The number of phenols is 1. The zero-order chi connectivity index (χ0) is 17.3. The van der Waals surface area contributed by atoms with E-state index in [0.29, 0.717) is 12.0 Å². The molecule has 24 heavy (non-hydrogen) atoms. The van der Waals surface area contributed by atoms with Gasteiger partial charge in [0.25, 0.3) is 0 Å². The van der Waals surface area contributed by atoms with Gasteiger partial charge in [-0.1, -0.05) is 37.6 Å². The van der Waals surface area contributed by atoms with Crippen molar-refractivity contribution < 1.29 is 24.2 Å². The number of aromatic hydroxyl groups is 1. The molecule has 1 N–H and O–H groups in total. The molecule has 0 heterocycles. The molecule has 0 spiro atoms. The summed E-state index contributed by atoms with van der Waals surface area (Å²) in [6.07, 6.45) is 1.58. The van der Waals surface area contributed by atoms with E-state index >= 15 is 0 Å². The van der Waals surface area contributed by atoms with Gasteiger partial charge in [0, 0.05) is 16.7 Å². The van der Waals surface area contributed by atoms with Gasteiger partial charge in [-0.05, 0) is 18.6 Å². The van der Waals surface area contributed by atoms with Crippen LogP contribution in [-0.2, 0) is 4.74 Å². The summed E-state index contributed by atoms with van der Waals surface area (Å²) in [5.74, 6) is -2.02. The standard InChI is InChI=1S/C19H16O5/c1-2-3-10-24-19(23)14-9-8-13-15(18(14)22)17(21)12-7-5-4-6-11(12)16(13)20/h4-9,22H,2-3,10H2,1H3. The number of rotatable bonds is 4. The maximum absolute atomic E-state index is 12.6. The summed E-state index contributed by atoms with van der Waals surface area (Å²) < 4.78 is 5.08. The Kier molecular flexibility index (Phi) is 4.16. The Balaban J connectivity index is 2.04. The minimum Gasteiger partial charge on any atom is -0.506 e. The van der Waals surface area contributed by atoms with Gasteiger partial charge in [0.15, 0.2) is 11.6 Å². The van der Waals surface area contributed by atoms with Gasteiger partial charge < -0.3 is 9.84 Å². The predicted octanol–water partition coefficient (Wildman–Crippen LogP) is 3.12. The lowest BCUT2D eigenvalue weighted by Crippen LogP contribution is -2.22. The lowest BCUT2D eigenvalue weighted by Gasteiger charge is -2.19. The van der Waals surface area contributed by atoms with Crippen LogP contribution in [0.4, 0.5) is 0 Å². The second kappa shape index (κ2) is 6.28. The zero-order valence-corrected chi connectivity index (χ0v) is 13.2. The van der Waals surface area contributed by atoms with Crippen LogP contribution in [0.5, 0.6) is 5.75 Å². The largest absolute Gasteiger partial charge is 0.506 e. The number of fused-ring (bicyclic) bond motifs is 2. The van der Waals surface area contributed by atoms with Crippen LogP contribution < -0.4 is 0 Å². The summed E-state index contributed by atoms with van der Waals surface area (Å²) in [7, 11) is 0. The van der Waals surface area contributed by atoms with Gasteiger partial charge >= 0.3 is 5.97 Å². The molecule has 0 fully saturated rings. The number of unbranched alkanes of at least 4 members (excludes halogenated alkanes) is 1. The summed E-state index contributed by atoms with van der Waals surface area (Å²) in [4.78, 5) is 37.2. The van der Waals surface area contributed by atoms with Crippen molar-refractivity contribution in [3.8, 4) is 5.75 Å². The minimum absolute atomic E-state index is 0.0984. The van der Waals surface area contributed by atoms with Crippen molar-refractivity contribution in [1.29, 1.82) is 0 Å². The van der Waals surface area contributed by atoms with Crippen LogP contribution in [0.25, 0.3) is 0 Å². The number of carbonyl (C=O) groups is 3. The normalized spacial score (nSPS) is 12.5. The summed E-state index contributed by atoms with van der Waals surface area (Å²) in [6, 6.07) is 9.14. The van der Waals surface area contributed by atoms with Gasteiger partial charge in [-0.3, -0.25) is 9.59 Å². The Morgan fingerprint density at radius 3 is 2.33 bits per heavy atom. The molecule has 0 saturated heterocycles. The van der Waals surface area contributed by atoms with Crippen LogP contribution >= 0.6 is 0 Å². The monoisotopic (exact) mass is 324 g/mol. The Morgan fingerprint density at radius 1 is 1.00 bits per heavy atom. The maximum Gasteiger partial charge on any atom is 0.341 e. The van der Waals surface area contributed by atoms with Crippen molar-refractivity contribution in [1.82, 2.24) is 0 Å². The highest BCUT2D eigenvalue weighted by Gasteiger charge is 2.33. The number of hydrogen-bond donors (Lipinski definition) is 1. The zero-order valence-electron chi connectivity index (χ0n) is 13.2. The predicted molar refractivity (Wildman–Crippen MR) is 86.6 cm³/mol. The van der Waals surface area contributed by atoms with E-state index in [4.69, 9.17) is 4.74 Å². The number of ether oxygens (including phenoxy) is 1. The number of hydrogen-bond acceptors (Lipinski definition) is 5. The third-order valence-corrected chi connectivity index (χ3v) is 4.02. The number of carbonyl (C=O) groups excluding carboxylic acids is 3. The van der Waals surface area contributed by atoms with E-state index in [1.54, 1.807) is 18.2 Å². The third kappa shape index (κ3) is 2.48. The van der Waals surface area contributed by atoms with Gasteiger partial charge in [-0.2, -0.15) is 0 Å². The molecular weight excluding hydrogens is 308 g/mol. The van der Waals surface area contributed by atoms with Gasteiger partial charge in [0.05, 0.1) is 12.2 Å². The van der Waals surface area contributed by atoms with E-state index in [-0.39, 0.29) is 34.6 Å². The van der Waals surface area contributed by atoms with Crippen LogP contribution in [0.3, 0.4) is 0 Å². The first kappa shape index (κ1) is 15.9. The number of ketones is 2. The maximum atomic E-state index is 12.6. The molecule has 0 saturated carbocycles. The Bertz CT molecular complexity index is 851. The molecule has 1 aliphatic rings. The highest BCUT2D eigenvalue weighted by atomic mass is 16.5. The minimum atomic E-state index is -0.706. The first-order valence-corrected chi connectivity index (χ1v) is 7.77. The van der Waals surface area contributed by atoms with E-state index in [2.05, 4.69) is 0 Å². The number of benzene rings is 2. The summed E-state index contributed by atoms with van der Waals surface area (Å²) in [5, 5.41) is 10.4. The lowest BCUT2D eigenvalue weighted by atomic mass is 9.82. The quantitative estimate of drug-likeness (QED) is 0.589. The first-order valence-electron chi connectivity index (χ1n) is 7.77. The van der Waals surface area contributed by atoms with Crippen LogP contribution in [-0.4, -0.2) is 29.2 Å². The van der Waals surface area contributed by atoms with Gasteiger partial charge in [-0.15, -0.1) is 0 Å². The number of esters is 1. The third-order valence-electron chi connectivity index (χ3n) is 4.02. The molecule has 0 aromatic heterocycles. The molecule has 5 nitrogen and oxygen atoms in total. The van der Waals surface area contributed by atoms with E-state index < -0.39 is 17.5 Å². The fourth-order valence-electron chi connectivity index (χ4n) is 2.72. The first-order chi connectivity index (χ1) is 11.6. The molecule has 2 aromatic rings. The van der Waals surface area contributed by atoms with Crippen molar-refractivity contribution >= 4 is 17.5 Å². The highest BCUT2D eigenvalue weighted by Crippen LogP contribution is 2.35. The molecule has 0 unspecified atom stereocenters. The molecule has 5 heteroatoms. The second-order valence-electron chi connectivity index (χ2n) is 5.58. The fraction of sp³-hybridized carbons (Fsp3) is 0.211. The van der Waals surface area contributed by atoms with E-state index in [1.165, 1.54) is 18.2 Å². The highest BCUT2D eigenvalue weighted by molar-refractivity contribution is 6.29. The summed E-state index contributed by atoms with van der Waals surface area (Å²) in [5.41, 5.74) is 0.379. The molecule has 0 aliphatic heterocycles. The molecule has 2 aromatic carbocycles. The fourth-order valence-corrected chi connectivity index (χ4v) is 2.72. The van der Waals surface area contributed by atoms with Crippen LogP contribution in [0.1, 0.15) is 62.0 Å². The van der Waals surface area contributed by atoms with E-state index in [0.717, 1.165) is 6.42 Å². The molecule has 0 bridgehead atoms. The SMILES string of the molecule is CCCCOC(=O)c1ccc2c(c1O)C(=O)c1ccccc1C2=O. The average molecular weight is 324 g/mol. The van der Waals surface area contributed by atoms with Crippen LogP contribution in [0.2, 0.25) is 0 Å². The molecule has 1 aliphatic carbocycles. The molecular formula is C19H16O5. The smallest absolute Gasteiger partial charge is 0.341 e. The molecule has 0 atom stereocenters. The van der Waals surface area contributed by atoms with Crippen molar-refractivity contribution in [2.45, 2.75) is 19.8 Å². The van der Waals surface area contributed by atoms with Crippen LogP contribution in [0.15, 0.2) is 36.4 Å². The second-order valence-corrected chi connectivity index (χ2v) is 5.58. The Hall–Kier alpha value is -2.95. The van der Waals surface area contributed by atoms with Crippen molar-refractivity contribution in [2.75, 3.05) is 6.61 Å². The van der Waals surface area contributed by atoms with Gasteiger partial charge in [-0.25, -0.2) is 4.79 Å². The Morgan fingerprint density at radius 2 is 1.67 bits per heavy atom. The van der Waals surface area contributed by atoms with Crippen molar-refractivity contribution in [3.63, 3.8) is 0 Å². The van der Waals surface area contributed by atoms with Gasteiger partial charge in [0.1, 0.15) is 11.3 Å². The van der Waals surface area contributed by atoms with E-state index in [9.17, 15) is 19.5 Å². The molecule has 122 valence electrons.